The first-order valence-electron chi connectivity index (χ1n) is 9.08. The average Bonchev–Trinajstić information content (AvgIpc) is 2.70. The Morgan fingerprint density at radius 1 is 0.931 bits per heavy atom. The molecule has 0 aromatic heterocycles. The van der Waals surface area contributed by atoms with Crippen LogP contribution >= 0.6 is 11.6 Å². The summed E-state index contributed by atoms with van der Waals surface area (Å²) < 4.78 is 5.62. The maximum Gasteiger partial charge on any atom is 0.262 e. The molecule has 2 amide bonds. The number of halogens is 1. The summed E-state index contributed by atoms with van der Waals surface area (Å²) in [6, 6.07) is 19.5. The smallest absolute Gasteiger partial charge is 0.262 e. The first kappa shape index (κ1) is 20.4. The molecule has 0 unspecified atom stereocenters. The molecule has 0 aliphatic heterocycles. The number of benzene rings is 3. The maximum atomic E-state index is 12.6. The molecule has 0 spiro atoms. The normalized spacial score (nSPS) is 10.3. The molecular formula is C23H21ClN2O3. The number of carbonyl (C=O) groups excluding carboxylic acids is 2. The van der Waals surface area contributed by atoms with Crippen molar-refractivity contribution in [3.8, 4) is 5.75 Å². The number of amides is 2. The Bertz CT molecular complexity index is 1040. The number of anilines is 2. The van der Waals surface area contributed by atoms with Crippen molar-refractivity contribution in [2.24, 2.45) is 0 Å². The molecular weight excluding hydrogens is 388 g/mol. The van der Waals surface area contributed by atoms with Crippen molar-refractivity contribution in [1.82, 2.24) is 0 Å². The lowest BCUT2D eigenvalue weighted by Crippen LogP contribution is -2.22. The molecule has 6 heteroatoms. The van der Waals surface area contributed by atoms with Gasteiger partial charge < -0.3 is 15.4 Å². The van der Waals surface area contributed by atoms with E-state index in [4.69, 9.17) is 16.3 Å². The second-order valence-corrected chi connectivity index (χ2v) is 7.05. The van der Waals surface area contributed by atoms with E-state index in [0.717, 1.165) is 16.8 Å². The number of ether oxygens (including phenoxy) is 1. The molecule has 148 valence electrons. The number of aryl methyl sites for hydroxylation is 2. The van der Waals surface area contributed by atoms with Gasteiger partial charge in [0.1, 0.15) is 5.75 Å². The Hall–Kier alpha value is -3.31. The van der Waals surface area contributed by atoms with E-state index in [0.29, 0.717) is 10.7 Å². The molecule has 2 N–H and O–H groups in total. The van der Waals surface area contributed by atoms with Gasteiger partial charge in [0.2, 0.25) is 0 Å². The highest BCUT2D eigenvalue weighted by atomic mass is 35.5. The van der Waals surface area contributed by atoms with Crippen LogP contribution in [0.5, 0.6) is 5.75 Å². The van der Waals surface area contributed by atoms with Crippen LogP contribution in [0.2, 0.25) is 5.02 Å². The number of hydrogen-bond acceptors (Lipinski definition) is 3. The van der Waals surface area contributed by atoms with Crippen LogP contribution in [0.1, 0.15) is 21.5 Å². The summed E-state index contributed by atoms with van der Waals surface area (Å²) in [5, 5.41) is 6.00. The Morgan fingerprint density at radius 2 is 1.69 bits per heavy atom. The summed E-state index contributed by atoms with van der Waals surface area (Å²) in [5.41, 5.74) is 3.71. The van der Waals surface area contributed by atoms with Crippen molar-refractivity contribution in [3.63, 3.8) is 0 Å². The van der Waals surface area contributed by atoms with Gasteiger partial charge in [0.25, 0.3) is 11.8 Å². The number of carbonyl (C=O) groups is 2. The fraction of sp³-hybridized carbons (Fsp3) is 0.130. The zero-order valence-electron chi connectivity index (χ0n) is 16.2. The fourth-order valence-corrected chi connectivity index (χ4v) is 2.98. The minimum absolute atomic E-state index is 0.236. The fourth-order valence-electron chi connectivity index (χ4n) is 2.81. The number of nitrogens with one attached hydrogen (secondary N) is 2. The zero-order chi connectivity index (χ0) is 20.8. The first-order valence-corrected chi connectivity index (χ1v) is 9.46. The van der Waals surface area contributed by atoms with Crippen LogP contribution in [-0.2, 0) is 4.79 Å². The number of para-hydroxylation sites is 1. The van der Waals surface area contributed by atoms with Crippen LogP contribution in [0.25, 0.3) is 0 Å². The highest BCUT2D eigenvalue weighted by Gasteiger charge is 2.15. The third kappa shape index (κ3) is 5.59. The molecule has 3 aromatic carbocycles. The lowest BCUT2D eigenvalue weighted by molar-refractivity contribution is -0.118. The van der Waals surface area contributed by atoms with Crippen molar-refractivity contribution in [1.29, 1.82) is 0 Å². The van der Waals surface area contributed by atoms with E-state index in [-0.39, 0.29) is 29.7 Å². The molecule has 0 radical (unpaired) electrons. The standard InChI is InChI=1S/C23H21ClN2O3/c1-15-8-10-20(16(2)12-15)26-22(27)14-29-21-11-9-17(24)13-19(21)23(28)25-18-6-4-3-5-7-18/h3-13H,14H2,1-2H3,(H,25,28)(H,26,27). The third-order valence-corrected chi connectivity index (χ3v) is 4.47. The van der Waals surface area contributed by atoms with E-state index in [9.17, 15) is 9.59 Å². The highest BCUT2D eigenvalue weighted by Crippen LogP contribution is 2.24. The van der Waals surface area contributed by atoms with E-state index in [1.165, 1.54) is 6.07 Å². The van der Waals surface area contributed by atoms with Crippen molar-refractivity contribution in [3.05, 3.63) is 88.4 Å². The predicted molar refractivity (Wildman–Crippen MR) is 116 cm³/mol. The number of hydrogen-bond donors (Lipinski definition) is 2. The lowest BCUT2D eigenvalue weighted by Gasteiger charge is -2.13. The first-order chi connectivity index (χ1) is 13.9. The molecule has 29 heavy (non-hydrogen) atoms. The van der Waals surface area contributed by atoms with Gasteiger partial charge in [-0.05, 0) is 55.8 Å². The summed E-state index contributed by atoms with van der Waals surface area (Å²) in [5.74, 6) is -0.414. The second kappa shape index (κ2) is 9.26. The van der Waals surface area contributed by atoms with Crippen LogP contribution in [0.4, 0.5) is 11.4 Å². The second-order valence-electron chi connectivity index (χ2n) is 6.62. The van der Waals surface area contributed by atoms with Gasteiger partial charge in [-0.1, -0.05) is 47.5 Å². The molecule has 0 heterocycles. The SMILES string of the molecule is Cc1ccc(NC(=O)COc2ccc(Cl)cc2C(=O)Nc2ccccc2)c(C)c1. The Kier molecular flexibility index (Phi) is 6.52. The van der Waals surface area contributed by atoms with Crippen molar-refractivity contribution in [2.45, 2.75) is 13.8 Å². The van der Waals surface area contributed by atoms with E-state index in [2.05, 4.69) is 10.6 Å². The minimum Gasteiger partial charge on any atom is -0.483 e. The molecule has 0 saturated carbocycles. The molecule has 0 aliphatic rings. The lowest BCUT2D eigenvalue weighted by atomic mass is 10.1. The van der Waals surface area contributed by atoms with E-state index < -0.39 is 0 Å². The van der Waals surface area contributed by atoms with Crippen molar-refractivity contribution >= 4 is 34.8 Å². The Labute approximate surface area is 174 Å². The maximum absolute atomic E-state index is 12.6. The number of rotatable bonds is 6. The Morgan fingerprint density at radius 3 is 2.41 bits per heavy atom. The van der Waals surface area contributed by atoms with Gasteiger partial charge in [-0.2, -0.15) is 0 Å². The van der Waals surface area contributed by atoms with Gasteiger partial charge >= 0.3 is 0 Å². The van der Waals surface area contributed by atoms with Gasteiger partial charge in [-0.3, -0.25) is 9.59 Å². The van der Waals surface area contributed by atoms with Gasteiger partial charge in [0.05, 0.1) is 5.56 Å². The molecule has 0 aliphatic carbocycles. The third-order valence-electron chi connectivity index (χ3n) is 4.23. The van der Waals surface area contributed by atoms with Gasteiger partial charge in [-0.15, -0.1) is 0 Å². The molecule has 3 aromatic rings. The quantitative estimate of drug-likeness (QED) is 0.587. The summed E-state index contributed by atoms with van der Waals surface area (Å²) in [6.07, 6.45) is 0. The zero-order valence-corrected chi connectivity index (χ0v) is 16.9. The summed E-state index contributed by atoms with van der Waals surface area (Å²) in [4.78, 5) is 24.9. The predicted octanol–water partition coefficient (Wildman–Crippen LogP) is 5.23. The summed E-state index contributed by atoms with van der Waals surface area (Å²) in [6.45, 7) is 3.68. The molecule has 0 saturated heterocycles. The van der Waals surface area contributed by atoms with Crippen LogP contribution in [-0.4, -0.2) is 18.4 Å². The summed E-state index contributed by atoms with van der Waals surface area (Å²) in [7, 11) is 0. The van der Waals surface area contributed by atoms with Gasteiger partial charge in [0, 0.05) is 16.4 Å². The average molecular weight is 409 g/mol. The molecule has 0 fully saturated rings. The van der Waals surface area contributed by atoms with E-state index >= 15 is 0 Å². The van der Waals surface area contributed by atoms with E-state index in [1.807, 2.05) is 50.2 Å². The van der Waals surface area contributed by atoms with Crippen molar-refractivity contribution in [2.75, 3.05) is 17.2 Å². The highest BCUT2D eigenvalue weighted by molar-refractivity contribution is 6.31. The minimum atomic E-state index is -0.372. The van der Waals surface area contributed by atoms with Crippen LogP contribution in [0.3, 0.4) is 0 Å². The van der Waals surface area contributed by atoms with Crippen LogP contribution in [0.15, 0.2) is 66.7 Å². The van der Waals surface area contributed by atoms with Crippen LogP contribution < -0.4 is 15.4 Å². The molecule has 0 bridgehead atoms. The van der Waals surface area contributed by atoms with Gasteiger partial charge in [0.15, 0.2) is 6.61 Å². The Balaban J connectivity index is 1.69. The van der Waals surface area contributed by atoms with Crippen molar-refractivity contribution < 1.29 is 14.3 Å². The van der Waals surface area contributed by atoms with Crippen LogP contribution in [0, 0.1) is 13.8 Å². The molecule has 3 rings (SSSR count). The largest absolute Gasteiger partial charge is 0.483 e. The van der Waals surface area contributed by atoms with E-state index in [1.54, 1.807) is 24.3 Å². The topological polar surface area (TPSA) is 67.4 Å². The molecule has 0 atom stereocenters. The molecule has 5 nitrogen and oxygen atoms in total. The van der Waals surface area contributed by atoms with Gasteiger partial charge in [-0.25, -0.2) is 0 Å². The monoisotopic (exact) mass is 408 g/mol. The summed E-state index contributed by atoms with van der Waals surface area (Å²) >= 11 is 6.05.